The van der Waals surface area contributed by atoms with E-state index in [1.54, 1.807) is 6.26 Å². The van der Waals surface area contributed by atoms with Crippen molar-refractivity contribution in [2.75, 3.05) is 12.0 Å². The topological polar surface area (TPSA) is 29.1 Å². The Morgan fingerprint density at radius 1 is 1.29 bits per heavy atom. The Kier molecular flexibility index (Phi) is 5.71. The summed E-state index contributed by atoms with van der Waals surface area (Å²) in [6.45, 7) is 2.37. The lowest BCUT2D eigenvalue weighted by atomic mass is 10.2. The highest BCUT2D eigenvalue weighted by molar-refractivity contribution is 7.84. The maximum absolute atomic E-state index is 12.9. The number of rotatable bonds is 6. The first-order chi connectivity index (χ1) is 7.97. The van der Waals surface area contributed by atoms with Gasteiger partial charge in [-0.15, -0.1) is 0 Å². The van der Waals surface area contributed by atoms with Crippen LogP contribution in [0.4, 0.5) is 8.78 Å². The smallest absolute Gasteiger partial charge is 0.126 e. The molecule has 0 saturated heterocycles. The van der Waals surface area contributed by atoms with Crippen molar-refractivity contribution >= 4 is 10.8 Å². The van der Waals surface area contributed by atoms with Gasteiger partial charge in [0.05, 0.1) is 0 Å². The molecular formula is C12H17F2NOS. The van der Waals surface area contributed by atoms with Crippen molar-refractivity contribution in [1.82, 2.24) is 5.32 Å². The first-order valence-corrected chi connectivity index (χ1v) is 7.18. The fraction of sp³-hybridized carbons (Fsp3) is 0.500. The first-order valence-electron chi connectivity index (χ1n) is 5.45. The van der Waals surface area contributed by atoms with Gasteiger partial charge in [-0.2, -0.15) is 0 Å². The molecule has 1 rings (SSSR count). The summed E-state index contributed by atoms with van der Waals surface area (Å²) in [7, 11) is -0.802. The zero-order valence-corrected chi connectivity index (χ0v) is 10.8. The Morgan fingerprint density at radius 3 is 2.41 bits per heavy atom. The van der Waals surface area contributed by atoms with E-state index in [-0.39, 0.29) is 6.04 Å². The number of hydrogen-bond acceptors (Lipinski definition) is 2. The Balaban J connectivity index is 2.41. The van der Waals surface area contributed by atoms with Gasteiger partial charge in [0.15, 0.2) is 0 Å². The molecule has 1 N–H and O–H groups in total. The molecule has 1 aromatic rings. The van der Waals surface area contributed by atoms with E-state index in [1.165, 1.54) is 12.1 Å². The van der Waals surface area contributed by atoms with E-state index >= 15 is 0 Å². The van der Waals surface area contributed by atoms with Crippen molar-refractivity contribution in [3.8, 4) is 0 Å². The summed E-state index contributed by atoms with van der Waals surface area (Å²) in [4.78, 5) is 0. The second-order valence-electron chi connectivity index (χ2n) is 4.13. The average Bonchev–Trinajstić information content (AvgIpc) is 2.22. The third-order valence-electron chi connectivity index (χ3n) is 2.42. The molecule has 1 aromatic carbocycles. The molecule has 0 aliphatic heterocycles. The zero-order chi connectivity index (χ0) is 12.8. The van der Waals surface area contributed by atoms with Crippen LogP contribution in [-0.4, -0.2) is 22.3 Å². The maximum Gasteiger partial charge on any atom is 0.126 e. The summed E-state index contributed by atoms with van der Waals surface area (Å²) in [5, 5.41) is 3.14. The van der Waals surface area contributed by atoms with Crippen LogP contribution in [0.5, 0.6) is 0 Å². The number of halogens is 2. The molecule has 0 fully saturated rings. The molecule has 96 valence electrons. The van der Waals surface area contributed by atoms with Gasteiger partial charge in [-0.1, -0.05) is 0 Å². The highest BCUT2D eigenvalue weighted by Crippen LogP contribution is 2.08. The van der Waals surface area contributed by atoms with Crippen LogP contribution in [0, 0.1) is 11.6 Å². The minimum Gasteiger partial charge on any atom is -0.310 e. The molecule has 2 unspecified atom stereocenters. The van der Waals surface area contributed by atoms with Crippen molar-refractivity contribution in [3.05, 3.63) is 35.4 Å². The van der Waals surface area contributed by atoms with Gasteiger partial charge in [-0.25, -0.2) is 8.78 Å². The van der Waals surface area contributed by atoms with E-state index in [0.29, 0.717) is 17.9 Å². The zero-order valence-electron chi connectivity index (χ0n) is 10.0. The first kappa shape index (κ1) is 14.3. The fourth-order valence-corrected chi connectivity index (χ4v) is 2.14. The lowest BCUT2D eigenvalue weighted by molar-refractivity contribution is 0.527. The molecule has 0 heterocycles. The van der Waals surface area contributed by atoms with Gasteiger partial charge in [0.1, 0.15) is 11.6 Å². The average molecular weight is 261 g/mol. The van der Waals surface area contributed by atoms with Gasteiger partial charge in [-0.3, -0.25) is 4.21 Å². The second-order valence-corrected chi connectivity index (χ2v) is 5.68. The minimum atomic E-state index is -0.802. The molecule has 0 aliphatic rings. The van der Waals surface area contributed by atoms with Crippen molar-refractivity contribution in [2.24, 2.45) is 0 Å². The van der Waals surface area contributed by atoms with E-state index in [4.69, 9.17) is 0 Å². The van der Waals surface area contributed by atoms with E-state index in [9.17, 15) is 13.0 Å². The molecule has 2 nitrogen and oxygen atoms in total. The third-order valence-corrected chi connectivity index (χ3v) is 3.23. The van der Waals surface area contributed by atoms with Crippen LogP contribution in [0.2, 0.25) is 0 Å². The van der Waals surface area contributed by atoms with E-state index in [0.717, 1.165) is 12.5 Å². The quantitative estimate of drug-likeness (QED) is 0.850. The number of hydrogen-bond donors (Lipinski definition) is 1. The molecule has 0 spiro atoms. The second kappa shape index (κ2) is 6.81. The molecule has 2 atom stereocenters. The van der Waals surface area contributed by atoms with Crippen LogP contribution in [0.25, 0.3) is 0 Å². The van der Waals surface area contributed by atoms with E-state index < -0.39 is 22.4 Å². The van der Waals surface area contributed by atoms with Crippen molar-refractivity contribution in [3.63, 3.8) is 0 Å². The van der Waals surface area contributed by atoms with Gasteiger partial charge in [-0.05, 0) is 31.0 Å². The molecule has 0 amide bonds. The summed E-state index contributed by atoms with van der Waals surface area (Å²) in [6.07, 6.45) is 2.44. The molecule has 0 aromatic heterocycles. The van der Waals surface area contributed by atoms with Gasteiger partial charge in [0.25, 0.3) is 0 Å². The SMILES string of the molecule is CC(CCS(C)=O)NCc1cc(F)cc(F)c1. The highest BCUT2D eigenvalue weighted by atomic mass is 32.2. The monoisotopic (exact) mass is 261 g/mol. The molecule has 0 saturated carbocycles. The largest absolute Gasteiger partial charge is 0.310 e. The predicted octanol–water partition coefficient (Wildman–Crippen LogP) is 2.21. The molecule has 0 aliphatic carbocycles. The number of benzene rings is 1. The van der Waals surface area contributed by atoms with Crippen molar-refractivity contribution in [1.29, 1.82) is 0 Å². The normalized spacial score (nSPS) is 14.6. The van der Waals surface area contributed by atoms with Crippen LogP contribution < -0.4 is 5.32 Å². The van der Waals surface area contributed by atoms with E-state index in [2.05, 4.69) is 5.32 Å². The van der Waals surface area contributed by atoms with Gasteiger partial charge >= 0.3 is 0 Å². The summed E-state index contributed by atoms with van der Waals surface area (Å²) in [5.74, 6) is -0.501. The lowest BCUT2D eigenvalue weighted by Crippen LogP contribution is -2.27. The fourth-order valence-electron chi connectivity index (χ4n) is 1.45. The number of nitrogens with one attached hydrogen (secondary N) is 1. The highest BCUT2D eigenvalue weighted by Gasteiger charge is 2.05. The van der Waals surface area contributed by atoms with Gasteiger partial charge in [0, 0.05) is 41.5 Å². The summed E-state index contributed by atoms with van der Waals surface area (Å²) >= 11 is 0. The van der Waals surface area contributed by atoms with Crippen LogP contribution in [-0.2, 0) is 17.3 Å². The Labute approximate surface area is 103 Å². The van der Waals surface area contributed by atoms with Crippen LogP contribution >= 0.6 is 0 Å². The summed E-state index contributed by atoms with van der Waals surface area (Å²) < 4.78 is 36.7. The van der Waals surface area contributed by atoms with Crippen LogP contribution in [0.15, 0.2) is 18.2 Å². The van der Waals surface area contributed by atoms with Gasteiger partial charge < -0.3 is 5.32 Å². The Hall–Kier alpha value is -0.810. The standard InChI is InChI=1S/C12H17F2NOS/c1-9(3-4-17(2)16)15-8-10-5-11(13)7-12(14)6-10/h5-7,9,15H,3-4,8H2,1-2H3. The predicted molar refractivity (Wildman–Crippen MR) is 66.2 cm³/mol. The van der Waals surface area contributed by atoms with Crippen molar-refractivity contribution < 1.29 is 13.0 Å². The van der Waals surface area contributed by atoms with Crippen LogP contribution in [0.3, 0.4) is 0 Å². The third kappa shape index (κ3) is 5.89. The maximum atomic E-state index is 12.9. The summed E-state index contributed by atoms with van der Waals surface area (Å²) in [5.41, 5.74) is 0.576. The van der Waals surface area contributed by atoms with Gasteiger partial charge in [0.2, 0.25) is 0 Å². The lowest BCUT2D eigenvalue weighted by Gasteiger charge is -2.13. The summed E-state index contributed by atoms with van der Waals surface area (Å²) in [6, 6.07) is 3.64. The minimum absolute atomic E-state index is 0.172. The molecule has 17 heavy (non-hydrogen) atoms. The van der Waals surface area contributed by atoms with E-state index in [1.807, 2.05) is 6.92 Å². The van der Waals surface area contributed by atoms with Crippen molar-refractivity contribution in [2.45, 2.75) is 25.9 Å². The Morgan fingerprint density at radius 2 is 1.88 bits per heavy atom. The van der Waals surface area contributed by atoms with Crippen LogP contribution in [0.1, 0.15) is 18.9 Å². The molecule has 5 heteroatoms. The molecule has 0 bridgehead atoms. The molecule has 0 radical (unpaired) electrons. The Bertz CT molecular complexity index is 378. The molecular weight excluding hydrogens is 244 g/mol.